The summed E-state index contributed by atoms with van der Waals surface area (Å²) in [6.45, 7) is 2.89. The number of pyridine rings is 1. The number of nitrogens with zero attached hydrogens (tertiary/aromatic N) is 2. The highest BCUT2D eigenvalue weighted by atomic mass is 16.2. The Morgan fingerprint density at radius 1 is 1.47 bits per heavy atom. The summed E-state index contributed by atoms with van der Waals surface area (Å²) in [5.74, 6) is 0.530. The molecule has 0 spiro atoms. The highest BCUT2D eigenvalue weighted by Crippen LogP contribution is 1.95. The Morgan fingerprint density at radius 3 is 3.00 bits per heavy atom. The van der Waals surface area contributed by atoms with Crippen molar-refractivity contribution in [2.24, 2.45) is 0 Å². The van der Waals surface area contributed by atoms with Gasteiger partial charge in [-0.2, -0.15) is 0 Å². The van der Waals surface area contributed by atoms with Gasteiger partial charge in [0.1, 0.15) is 11.5 Å². The average Bonchev–Trinajstić information content (AvgIpc) is 2.83. The third-order valence-electron chi connectivity index (χ3n) is 2.71. The van der Waals surface area contributed by atoms with E-state index in [0.29, 0.717) is 31.0 Å². The van der Waals surface area contributed by atoms with E-state index in [0.717, 1.165) is 0 Å². The van der Waals surface area contributed by atoms with E-state index >= 15 is 0 Å². The predicted octanol–water partition coefficient (Wildman–Crippen LogP) is 0.700. The van der Waals surface area contributed by atoms with Crippen molar-refractivity contribution in [3.63, 3.8) is 0 Å². The minimum absolute atomic E-state index is 0.0296. The van der Waals surface area contributed by atoms with Gasteiger partial charge in [0, 0.05) is 25.4 Å². The number of imidazole rings is 1. The van der Waals surface area contributed by atoms with Gasteiger partial charge in [-0.3, -0.25) is 9.59 Å². The molecule has 0 saturated heterocycles. The van der Waals surface area contributed by atoms with Gasteiger partial charge in [0.05, 0.1) is 6.20 Å². The summed E-state index contributed by atoms with van der Waals surface area (Å²) in [6, 6.07) is 5.04. The summed E-state index contributed by atoms with van der Waals surface area (Å²) < 4.78 is 1.62. The summed E-state index contributed by atoms with van der Waals surface area (Å²) >= 11 is 0. The molecule has 0 fully saturated rings. The molecule has 0 aliphatic carbocycles. The van der Waals surface area contributed by atoms with Crippen molar-refractivity contribution in [1.29, 1.82) is 0 Å². The minimum atomic E-state index is -0.180. The van der Waals surface area contributed by atoms with E-state index < -0.39 is 0 Å². The lowest BCUT2D eigenvalue weighted by atomic mass is 10.3. The number of amides is 1. The number of rotatable bonds is 5. The Balaban J connectivity index is 1.77. The van der Waals surface area contributed by atoms with Crippen molar-refractivity contribution in [2.75, 3.05) is 6.54 Å². The molecular weight excluding hydrogens is 244 g/mol. The molecular formula is C13H16N4O2. The maximum atomic E-state index is 11.7. The largest absolute Gasteiger partial charge is 0.351 e. The van der Waals surface area contributed by atoms with Crippen LogP contribution < -0.4 is 10.9 Å². The zero-order valence-corrected chi connectivity index (χ0v) is 10.7. The second kappa shape index (κ2) is 5.99. The Labute approximate surface area is 110 Å². The molecule has 2 N–H and O–H groups in total. The van der Waals surface area contributed by atoms with Gasteiger partial charge in [0.25, 0.3) is 5.91 Å². The van der Waals surface area contributed by atoms with Crippen LogP contribution in [-0.2, 0) is 6.54 Å². The number of nitrogens with one attached hydrogen (secondary N) is 2. The van der Waals surface area contributed by atoms with Gasteiger partial charge in [-0.25, -0.2) is 4.98 Å². The molecule has 2 rings (SSSR count). The van der Waals surface area contributed by atoms with Crippen LogP contribution >= 0.6 is 0 Å². The first-order chi connectivity index (χ1) is 9.16. The second-order valence-electron chi connectivity index (χ2n) is 4.22. The van der Waals surface area contributed by atoms with Gasteiger partial charge in [-0.15, -0.1) is 0 Å². The second-order valence-corrected chi connectivity index (χ2v) is 4.22. The third-order valence-corrected chi connectivity index (χ3v) is 2.71. The van der Waals surface area contributed by atoms with Crippen LogP contribution in [0, 0.1) is 6.92 Å². The molecule has 1 amide bonds. The molecule has 2 heterocycles. The number of aromatic amines is 1. The number of aryl methyl sites for hydroxylation is 2. The van der Waals surface area contributed by atoms with Gasteiger partial charge in [0.2, 0.25) is 5.56 Å². The highest BCUT2D eigenvalue weighted by Gasteiger charge is 2.06. The summed E-state index contributed by atoms with van der Waals surface area (Å²) in [5.41, 5.74) is 0.424. The number of H-pyrrole nitrogens is 1. The fourth-order valence-electron chi connectivity index (χ4n) is 1.73. The lowest BCUT2D eigenvalue weighted by Gasteiger charge is -2.05. The first-order valence-corrected chi connectivity index (χ1v) is 6.12. The molecule has 2 aromatic heterocycles. The molecule has 0 saturated carbocycles. The van der Waals surface area contributed by atoms with Crippen LogP contribution in [0.4, 0.5) is 0 Å². The van der Waals surface area contributed by atoms with Crippen molar-refractivity contribution in [2.45, 2.75) is 19.9 Å². The zero-order valence-electron chi connectivity index (χ0n) is 10.7. The molecule has 0 radical (unpaired) electrons. The van der Waals surface area contributed by atoms with E-state index in [1.807, 2.05) is 6.07 Å². The topological polar surface area (TPSA) is 79.8 Å². The number of hydrogen-bond acceptors (Lipinski definition) is 3. The van der Waals surface area contributed by atoms with Crippen LogP contribution in [0.5, 0.6) is 0 Å². The van der Waals surface area contributed by atoms with E-state index in [-0.39, 0.29) is 11.5 Å². The Bertz CT molecular complexity index is 615. The minimum Gasteiger partial charge on any atom is -0.351 e. The van der Waals surface area contributed by atoms with Crippen LogP contribution in [0.25, 0.3) is 0 Å². The van der Waals surface area contributed by atoms with Gasteiger partial charge in [-0.05, 0) is 19.4 Å². The molecule has 0 aromatic carbocycles. The smallest absolute Gasteiger partial charge is 0.269 e. The fourth-order valence-corrected chi connectivity index (χ4v) is 1.73. The molecule has 2 aromatic rings. The molecule has 100 valence electrons. The van der Waals surface area contributed by atoms with Crippen molar-refractivity contribution in [3.05, 3.63) is 52.5 Å². The molecule has 6 nitrogen and oxygen atoms in total. The van der Waals surface area contributed by atoms with E-state index in [1.54, 1.807) is 23.8 Å². The van der Waals surface area contributed by atoms with Gasteiger partial charge in [0.15, 0.2) is 0 Å². The highest BCUT2D eigenvalue weighted by molar-refractivity contribution is 5.92. The van der Waals surface area contributed by atoms with E-state index in [1.165, 1.54) is 12.3 Å². The van der Waals surface area contributed by atoms with E-state index in [9.17, 15) is 9.59 Å². The molecule has 0 unspecified atom stereocenters. The molecule has 19 heavy (non-hydrogen) atoms. The van der Waals surface area contributed by atoms with Crippen LogP contribution in [-0.4, -0.2) is 27.0 Å². The molecule has 0 aliphatic rings. The maximum Gasteiger partial charge on any atom is 0.269 e. The molecule has 0 aliphatic heterocycles. The number of hydrogen-bond donors (Lipinski definition) is 2. The first kappa shape index (κ1) is 13.1. The lowest BCUT2D eigenvalue weighted by molar-refractivity contribution is 0.0948. The van der Waals surface area contributed by atoms with Crippen molar-refractivity contribution >= 4 is 5.91 Å². The van der Waals surface area contributed by atoms with Crippen LogP contribution in [0.2, 0.25) is 0 Å². The average molecular weight is 260 g/mol. The first-order valence-electron chi connectivity index (χ1n) is 6.12. The van der Waals surface area contributed by atoms with Crippen LogP contribution in [0.3, 0.4) is 0 Å². The quantitative estimate of drug-likeness (QED) is 0.777. The SMILES string of the molecule is Cc1ncc(C(=O)NCCCn2ccccc2=O)[nH]1. The van der Waals surface area contributed by atoms with Crippen molar-refractivity contribution in [1.82, 2.24) is 19.9 Å². The molecule has 0 atom stereocenters. The van der Waals surface area contributed by atoms with Gasteiger partial charge in [-0.1, -0.05) is 6.07 Å². The number of carbonyl (C=O) groups is 1. The predicted molar refractivity (Wildman–Crippen MR) is 71.0 cm³/mol. The number of carbonyl (C=O) groups excluding carboxylic acids is 1. The standard InChI is InChI=1S/C13H16N4O2/c1-10-15-9-11(16-10)13(19)14-6-4-8-17-7-3-2-5-12(17)18/h2-3,5,7,9H,4,6,8H2,1H3,(H,14,19)(H,15,16). The molecule has 6 heteroatoms. The summed E-state index contributed by atoms with van der Waals surface area (Å²) in [7, 11) is 0. The summed E-state index contributed by atoms with van der Waals surface area (Å²) in [5, 5.41) is 2.78. The maximum absolute atomic E-state index is 11.7. The van der Waals surface area contributed by atoms with E-state index in [4.69, 9.17) is 0 Å². The van der Waals surface area contributed by atoms with Crippen molar-refractivity contribution in [3.8, 4) is 0 Å². The fraction of sp³-hybridized carbons (Fsp3) is 0.308. The van der Waals surface area contributed by atoms with Crippen LogP contribution in [0.1, 0.15) is 22.7 Å². The summed E-state index contributed by atoms with van der Waals surface area (Å²) in [6.07, 6.45) is 3.94. The van der Waals surface area contributed by atoms with Crippen molar-refractivity contribution < 1.29 is 4.79 Å². The monoisotopic (exact) mass is 260 g/mol. The molecule has 0 bridgehead atoms. The summed E-state index contributed by atoms with van der Waals surface area (Å²) in [4.78, 5) is 29.9. The van der Waals surface area contributed by atoms with Crippen LogP contribution in [0.15, 0.2) is 35.4 Å². The normalized spacial score (nSPS) is 10.4. The Hall–Kier alpha value is -2.37. The Morgan fingerprint density at radius 2 is 2.32 bits per heavy atom. The zero-order chi connectivity index (χ0) is 13.7. The lowest BCUT2D eigenvalue weighted by Crippen LogP contribution is -2.27. The third kappa shape index (κ3) is 3.54. The Kier molecular flexibility index (Phi) is 4.12. The van der Waals surface area contributed by atoms with E-state index in [2.05, 4.69) is 15.3 Å². The van der Waals surface area contributed by atoms with Gasteiger partial charge >= 0.3 is 0 Å². The number of aromatic nitrogens is 3. The van der Waals surface area contributed by atoms with Gasteiger partial charge < -0.3 is 14.9 Å².